The molecule has 1 aromatic rings. The average molecular weight is 255 g/mol. The molecule has 3 N–H and O–H groups in total. The molecule has 0 saturated heterocycles. The van der Waals surface area contributed by atoms with E-state index in [1.54, 1.807) is 0 Å². The third-order valence-electron chi connectivity index (χ3n) is 3.39. The molecule has 1 aliphatic carbocycles. The summed E-state index contributed by atoms with van der Waals surface area (Å²) in [6.07, 6.45) is 4.91. The number of nitrogen functional groups attached to an aromatic ring is 1. The van der Waals surface area contributed by atoms with Crippen LogP contribution in [-0.2, 0) is 0 Å². The van der Waals surface area contributed by atoms with E-state index in [0.717, 1.165) is 11.6 Å². The molecule has 2 rings (SSSR count). The fourth-order valence-electron chi connectivity index (χ4n) is 2.42. The molecule has 17 heavy (non-hydrogen) atoms. The van der Waals surface area contributed by atoms with Crippen molar-refractivity contribution in [3.05, 3.63) is 11.0 Å². The highest BCUT2D eigenvalue weighted by Crippen LogP contribution is 2.28. The highest BCUT2D eigenvalue weighted by molar-refractivity contribution is 6.28. The van der Waals surface area contributed by atoms with Crippen LogP contribution in [0.15, 0.2) is 0 Å². The van der Waals surface area contributed by atoms with E-state index in [4.69, 9.17) is 17.3 Å². The first-order valence-electron chi connectivity index (χ1n) is 6.12. The monoisotopic (exact) mass is 254 g/mol. The number of nitrogens with two attached hydrogens (primary N) is 1. The molecule has 5 heteroatoms. The molecular weight excluding hydrogens is 236 g/mol. The summed E-state index contributed by atoms with van der Waals surface area (Å²) in [6, 6.07) is 0.450. The summed E-state index contributed by atoms with van der Waals surface area (Å²) in [7, 11) is 0. The minimum atomic E-state index is 0.253. The first kappa shape index (κ1) is 12.4. The van der Waals surface area contributed by atoms with Crippen LogP contribution in [0.2, 0.25) is 5.28 Å². The van der Waals surface area contributed by atoms with Crippen LogP contribution in [0, 0.1) is 12.8 Å². The van der Waals surface area contributed by atoms with E-state index in [9.17, 15) is 0 Å². The molecule has 4 nitrogen and oxygen atoms in total. The van der Waals surface area contributed by atoms with Gasteiger partial charge in [-0.15, -0.1) is 0 Å². The molecule has 2 atom stereocenters. The zero-order valence-corrected chi connectivity index (χ0v) is 11.1. The van der Waals surface area contributed by atoms with Gasteiger partial charge in [-0.25, -0.2) is 4.98 Å². The lowest BCUT2D eigenvalue weighted by atomic mass is 9.87. The minimum Gasteiger partial charge on any atom is -0.394 e. The lowest BCUT2D eigenvalue weighted by Gasteiger charge is -2.28. The topological polar surface area (TPSA) is 63.8 Å². The first-order valence-corrected chi connectivity index (χ1v) is 6.50. The van der Waals surface area contributed by atoms with Gasteiger partial charge in [0.25, 0.3) is 0 Å². The molecule has 1 aromatic heterocycles. The van der Waals surface area contributed by atoms with Gasteiger partial charge in [-0.05, 0) is 37.3 Å². The van der Waals surface area contributed by atoms with Gasteiger partial charge in [0.05, 0.1) is 11.4 Å². The molecule has 1 saturated carbocycles. The number of nitrogens with one attached hydrogen (secondary N) is 1. The fraction of sp³-hybridized carbons (Fsp3) is 0.667. The van der Waals surface area contributed by atoms with E-state index < -0.39 is 0 Å². The molecule has 0 aliphatic heterocycles. The van der Waals surface area contributed by atoms with Crippen LogP contribution < -0.4 is 11.1 Å². The summed E-state index contributed by atoms with van der Waals surface area (Å²) >= 11 is 5.85. The third kappa shape index (κ3) is 3.00. The van der Waals surface area contributed by atoms with Crippen molar-refractivity contribution in [2.45, 2.75) is 45.6 Å². The van der Waals surface area contributed by atoms with Crippen molar-refractivity contribution < 1.29 is 0 Å². The van der Waals surface area contributed by atoms with Crippen LogP contribution >= 0.6 is 11.6 Å². The summed E-state index contributed by atoms with van der Waals surface area (Å²) in [5.41, 5.74) is 7.29. The van der Waals surface area contributed by atoms with Crippen molar-refractivity contribution in [2.24, 2.45) is 5.92 Å². The summed E-state index contributed by atoms with van der Waals surface area (Å²) in [4.78, 5) is 8.20. The molecule has 0 aromatic carbocycles. The molecule has 0 radical (unpaired) electrons. The Labute approximate surface area is 107 Å². The van der Waals surface area contributed by atoms with Gasteiger partial charge in [0.15, 0.2) is 5.82 Å². The van der Waals surface area contributed by atoms with E-state index in [1.807, 2.05) is 6.92 Å². The third-order valence-corrected chi connectivity index (χ3v) is 3.56. The van der Waals surface area contributed by atoms with E-state index >= 15 is 0 Å². The van der Waals surface area contributed by atoms with Crippen molar-refractivity contribution in [2.75, 3.05) is 11.1 Å². The zero-order valence-electron chi connectivity index (χ0n) is 10.3. The van der Waals surface area contributed by atoms with E-state index in [1.165, 1.54) is 25.7 Å². The van der Waals surface area contributed by atoms with Crippen LogP contribution in [0.25, 0.3) is 0 Å². The molecular formula is C12H19ClN4. The molecule has 0 amide bonds. The number of rotatable bonds is 2. The fourth-order valence-corrected chi connectivity index (χ4v) is 2.63. The van der Waals surface area contributed by atoms with Crippen LogP contribution in [0.3, 0.4) is 0 Å². The van der Waals surface area contributed by atoms with E-state index in [0.29, 0.717) is 17.5 Å². The van der Waals surface area contributed by atoms with E-state index in [-0.39, 0.29) is 5.28 Å². The number of hydrogen-bond acceptors (Lipinski definition) is 4. The van der Waals surface area contributed by atoms with Crippen molar-refractivity contribution in [3.63, 3.8) is 0 Å². The Morgan fingerprint density at radius 3 is 2.82 bits per heavy atom. The van der Waals surface area contributed by atoms with Crippen molar-refractivity contribution in [1.29, 1.82) is 0 Å². The normalized spacial score (nSPS) is 24.6. The Bertz CT molecular complexity index is 408. The van der Waals surface area contributed by atoms with Crippen molar-refractivity contribution in [3.8, 4) is 0 Å². The maximum atomic E-state index is 5.96. The summed E-state index contributed by atoms with van der Waals surface area (Å²) < 4.78 is 0. The van der Waals surface area contributed by atoms with Gasteiger partial charge >= 0.3 is 0 Å². The van der Waals surface area contributed by atoms with Gasteiger partial charge in [0, 0.05) is 6.04 Å². The van der Waals surface area contributed by atoms with Gasteiger partial charge in [-0.2, -0.15) is 4.98 Å². The SMILES string of the molecule is Cc1nc(Cl)nc(NC2CCCC(C)C2)c1N. The number of aryl methyl sites for hydroxylation is 1. The summed E-state index contributed by atoms with van der Waals surface area (Å²) in [5.74, 6) is 1.45. The van der Waals surface area contributed by atoms with Gasteiger partial charge in [0.1, 0.15) is 0 Å². The summed E-state index contributed by atoms with van der Waals surface area (Å²) in [6.45, 7) is 4.13. The Kier molecular flexibility index (Phi) is 3.72. The molecule has 0 bridgehead atoms. The maximum absolute atomic E-state index is 5.96. The second-order valence-corrected chi connectivity index (χ2v) is 5.29. The predicted octanol–water partition coefficient (Wildman–Crippen LogP) is 3.01. The summed E-state index contributed by atoms with van der Waals surface area (Å²) in [5, 5.41) is 3.65. The van der Waals surface area contributed by atoms with Gasteiger partial charge in [-0.3, -0.25) is 0 Å². The maximum Gasteiger partial charge on any atom is 0.224 e. The molecule has 1 fully saturated rings. The zero-order chi connectivity index (χ0) is 12.4. The van der Waals surface area contributed by atoms with Crippen LogP contribution in [0.5, 0.6) is 0 Å². The molecule has 1 heterocycles. The number of hydrogen-bond donors (Lipinski definition) is 2. The molecule has 1 aliphatic rings. The average Bonchev–Trinajstić information content (AvgIpc) is 2.25. The highest BCUT2D eigenvalue weighted by Gasteiger charge is 2.20. The molecule has 2 unspecified atom stereocenters. The Balaban J connectivity index is 2.12. The Morgan fingerprint density at radius 1 is 1.35 bits per heavy atom. The lowest BCUT2D eigenvalue weighted by molar-refractivity contribution is 0.358. The second-order valence-electron chi connectivity index (χ2n) is 4.95. The lowest BCUT2D eigenvalue weighted by Crippen LogP contribution is -2.27. The smallest absolute Gasteiger partial charge is 0.224 e. The number of halogens is 1. The number of anilines is 2. The van der Waals surface area contributed by atoms with Crippen LogP contribution in [0.1, 0.15) is 38.3 Å². The quantitative estimate of drug-likeness (QED) is 0.797. The Hall–Kier alpha value is -1.03. The molecule has 94 valence electrons. The van der Waals surface area contributed by atoms with Crippen LogP contribution in [0.4, 0.5) is 11.5 Å². The van der Waals surface area contributed by atoms with E-state index in [2.05, 4.69) is 22.2 Å². The highest BCUT2D eigenvalue weighted by atomic mass is 35.5. The largest absolute Gasteiger partial charge is 0.394 e. The van der Waals surface area contributed by atoms with Crippen molar-refractivity contribution >= 4 is 23.1 Å². The van der Waals surface area contributed by atoms with Crippen LogP contribution in [-0.4, -0.2) is 16.0 Å². The first-order chi connectivity index (χ1) is 8.06. The van der Waals surface area contributed by atoms with Gasteiger partial charge < -0.3 is 11.1 Å². The number of aromatic nitrogens is 2. The van der Waals surface area contributed by atoms with Gasteiger partial charge in [0.2, 0.25) is 5.28 Å². The standard InChI is InChI=1S/C12H19ClN4/c1-7-4-3-5-9(6-7)16-11-10(14)8(2)15-12(13)17-11/h7,9H,3-6,14H2,1-2H3,(H,15,16,17). The second kappa shape index (κ2) is 5.08. The minimum absolute atomic E-state index is 0.253. The number of nitrogens with zero attached hydrogens (tertiary/aromatic N) is 2. The Morgan fingerprint density at radius 2 is 2.12 bits per heavy atom. The van der Waals surface area contributed by atoms with Gasteiger partial charge in [-0.1, -0.05) is 19.8 Å². The predicted molar refractivity (Wildman–Crippen MR) is 71.2 cm³/mol. The molecule has 0 spiro atoms. The van der Waals surface area contributed by atoms with Crippen molar-refractivity contribution in [1.82, 2.24) is 9.97 Å².